The molecule has 0 aliphatic rings. The van der Waals surface area contributed by atoms with Crippen molar-refractivity contribution in [3.05, 3.63) is 27.7 Å². The van der Waals surface area contributed by atoms with Crippen LogP contribution in [0, 0.1) is 0 Å². The second-order valence-corrected chi connectivity index (χ2v) is 4.21. The van der Waals surface area contributed by atoms with Gasteiger partial charge in [0.2, 0.25) is 0 Å². The fourth-order valence-corrected chi connectivity index (χ4v) is 2.00. The zero-order valence-corrected chi connectivity index (χ0v) is 12.8. The molecule has 0 heterocycles. The molecule has 82 valence electrons. The van der Waals surface area contributed by atoms with Crippen molar-refractivity contribution >= 4 is 40.3 Å². The van der Waals surface area contributed by atoms with Crippen molar-refractivity contribution in [2.75, 3.05) is 7.11 Å². The van der Waals surface area contributed by atoms with Gasteiger partial charge in [-0.05, 0) is 23.2 Å². The first-order valence-corrected chi connectivity index (χ1v) is 5.47. The Morgan fingerprint density at radius 3 is 2.38 bits per heavy atom. The van der Waals surface area contributed by atoms with Crippen molar-refractivity contribution < 1.29 is 47.9 Å². The van der Waals surface area contributed by atoms with Crippen LogP contribution in [0.3, 0.4) is 0 Å². The molecule has 0 amide bonds. The number of carbonyl (C=O) groups excluding carboxylic acids is 1. The normalized spacial score (nSPS) is 11.5. The predicted octanol–water partition coefficient (Wildman–Crippen LogP) is -0.978. The molecule has 0 aromatic heterocycles. The van der Waals surface area contributed by atoms with E-state index in [0.29, 0.717) is 0 Å². The number of benzene rings is 1. The number of rotatable bonds is 2. The zero-order valence-electron chi connectivity index (χ0n) is 8.45. The molecule has 1 unspecified atom stereocenters. The van der Waals surface area contributed by atoms with Crippen LogP contribution in [0.1, 0.15) is 10.4 Å². The van der Waals surface area contributed by atoms with Gasteiger partial charge in [-0.1, -0.05) is 23.2 Å². The average Bonchev–Trinajstić information content (AvgIpc) is 2.16. The molecule has 0 N–H and O–H groups in total. The van der Waals surface area contributed by atoms with Crippen LogP contribution in [0.4, 0.5) is 0 Å². The van der Waals surface area contributed by atoms with Gasteiger partial charge in [0.15, 0.2) is 0 Å². The zero-order chi connectivity index (χ0) is 11.6. The summed E-state index contributed by atoms with van der Waals surface area (Å²) in [7, 11) is 1.17. The predicted molar refractivity (Wildman–Crippen MR) is 55.0 cm³/mol. The molecule has 0 radical (unpaired) electrons. The van der Waals surface area contributed by atoms with E-state index >= 15 is 0 Å². The summed E-state index contributed by atoms with van der Waals surface area (Å²) in [4.78, 5) is 11.0. The maximum absolute atomic E-state index is 11.2. The minimum absolute atomic E-state index is 0. The summed E-state index contributed by atoms with van der Waals surface area (Å²) in [6.07, 6.45) is 0. The standard InChI is InChI=1S/C8H6Cl2O4S.Na/c1-14-8(11)4-2-7(15(12)13)6(10)3-5(4)9;/h2-3H,1H3,(H,12,13);/q;+1/p-1. The molecule has 1 aromatic rings. The van der Waals surface area contributed by atoms with Crippen LogP contribution in [0.5, 0.6) is 0 Å². The Morgan fingerprint density at radius 1 is 1.38 bits per heavy atom. The number of esters is 1. The van der Waals surface area contributed by atoms with E-state index in [2.05, 4.69) is 4.74 Å². The Hall–Kier alpha value is 0.380. The van der Waals surface area contributed by atoms with Crippen molar-refractivity contribution in [1.82, 2.24) is 0 Å². The van der Waals surface area contributed by atoms with Crippen molar-refractivity contribution in [1.29, 1.82) is 0 Å². The van der Waals surface area contributed by atoms with Crippen LogP contribution in [0.25, 0.3) is 0 Å². The van der Waals surface area contributed by atoms with Gasteiger partial charge in [0.25, 0.3) is 0 Å². The summed E-state index contributed by atoms with van der Waals surface area (Å²) in [5.74, 6) is -0.719. The van der Waals surface area contributed by atoms with Gasteiger partial charge < -0.3 is 9.29 Å². The second kappa shape index (κ2) is 6.96. The van der Waals surface area contributed by atoms with E-state index in [4.69, 9.17) is 23.2 Å². The van der Waals surface area contributed by atoms with E-state index < -0.39 is 17.0 Å². The quantitative estimate of drug-likeness (QED) is 0.399. The van der Waals surface area contributed by atoms with E-state index in [0.717, 1.165) is 6.07 Å². The first kappa shape index (κ1) is 16.4. The molecule has 0 bridgehead atoms. The first-order valence-electron chi connectivity index (χ1n) is 3.64. The Balaban J connectivity index is 0.00000225. The Labute approximate surface area is 127 Å². The molecule has 0 spiro atoms. The van der Waals surface area contributed by atoms with E-state index in [1.165, 1.54) is 13.2 Å². The molecule has 1 rings (SSSR count). The monoisotopic (exact) mass is 290 g/mol. The van der Waals surface area contributed by atoms with Gasteiger partial charge in [-0.15, -0.1) is 0 Å². The van der Waals surface area contributed by atoms with Crippen LogP contribution < -0.4 is 29.6 Å². The van der Waals surface area contributed by atoms with Crippen LogP contribution in [-0.2, 0) is 15.8 Å². The Morgan fingerprint density at radius 2 is 1.94 bits per heavy atom. The number of halogens is 2. The molecule has 1 atom stereocenters. The van der Waals surface area contributed by atoms with Gasteiger partial charge in [0, 0.05) is 4.90 Å². The van der Waals surface area contributed by atoms with Gasteiger partial charge in [-0.25, -0.2) is 4.79 Å². The smallest absolute Gasteiger partial charge is 0.768 e. The van der Waals surface area contributed by atoms with Crippen molar-refractivity contribution in [2.24, 2.45) is 0 Å². The molecule has 1 aromatic carbocycles. The van der Waals surface area contributed by atoms with Gasteiger partial charge in [0.05, 0.1) is 22.7 Å². The van der Waals surface area contributed by atoms with E-state index in [-0.39, 0.29) is 50.1 Å². The van der Waals surface area contributed by atoms with Gasteiger partial charge in [-0.3, -0.25) is 4.21 Å². The third kappa shape index (κ3) is 3.70. The van der Waals surface area contributed by atoms with E-state index in [1.54, 1.807) is 0 Å². The van der Waals surface area contributed by atoms with Crippen LogP contribution in [0.2, 0.25) is 10.0 Å². The number of carbonyl (C=O) groups is 1. The summed E-state index contributed by atoms with van der Waals surface area (Å²) < 4.78 is 25.9. The molecule has 16 heavy (non-hydrogen) atoms. The summed E-state index contributed by atoms with van der Waals surface area (Å²) in [5.41, 5.74) is -0.0391. The molecule has 0 aliphatic carbocycles. The summed E-state index contributed by atoms with van der Waals surface area (Å²) in [6, 6.07) is 2.25. The Bertz CT molecular complexity index is 438. The maximum atomic E-state index is 11.2. The molecule has 0 aliphatic heterocycles. The van der Waals surface area contributed by atoms with Crippen molar-refractivity contribution in [2.45, 2.75) is 4.90 Å². The van der Waals surface area contributed by atoms with Crippen LogP contribution in [-0.4, -0.2) is 21.8 Å². The minimum Gasteiger partial charge on any atom is -0.768 e. The average molecular weight is 291 g/mol. The molecular weight excluding hydrogens is 286 g/mol. The number of hydrogen-bond acceptors (Lipinski definition) is 4. The third-order valence-corrected chi connectivity index (χ3v) is 3.04. The molecule has 8 heteroatoms. The fourth-order valence-electron chi connectivity index (χ4n) is 0.923. The van der Waals surface area contributed by atoms with Crippen LogP contribution in [0.15, 0.2) is 17.0 Å². The third-order valence-electron chi connectivity index (χ3n) is 1.61. The second-order valence-electron chi connectivity index (χ2n) is 2.49. The van der Waals surface area contributed by atoms with Gasteiger partial charge >= 0.3 is 35.5 Å². The van der Waals surface area contributed by atoms with Crippen LogP contribution >= 0.6 is 23.2 Å². The van der Waals surface area contributed by atoms with Gasteiger partial charge in [-0.2, -0.15) is 0 Å². The first-order chi connectivity index (χ1) is 6.97. The number of hydrogen-bond donors (Lipinski definition) is 0. The summed E-state index contributed by atoms with van der Waals surface area (Å²) in [6.45, 7) is 0. The minimum atomic E-state index is -2.53. The number of methoxy groups -OCH3 is 1. The molecule has 4 nitrogen and oxygen atoms in total. The fraction of sp³-hybridized carbons (Fsp3) is 0.125. The van der Waals surface area contributed by atoms with Crippen molar-refractivity contribution in [3.63, 3.8) is 0 Å². The molecule has 0 saturated carbocycles. The Kier molecular flexibility index (Phi) is 7.12. The molecule has 0 fully saturated rings. The van der Waals surface area contributed by atoms with Crippen molar-refractivity contribution in [3.8, 4) is 0 Å². The number of ether oxygens (including phenoxy) is 1. The maximum Gasteiger partial charge on any atom is 1.00 e. The largest absolute Gasteiger partial charge is 1.00 e. The van der Waals surface area contributed by atoms with E-state index in [1.807, 2.05) is 0 Å². The van der Waals surface area contributed by atoms with Gasteiger partial charge in [0.1, 0.15) is 0 Å². The topological polar surface area (TPSA) is 66.4 Å². The SMILES string of the molecule is COC(=O)c1cc(S(=O)[O-])c(Cl)cc1Cl.[Na+]. The molecule has 0 saturated heterocycles. The summed E-state index contributed by atoms with van der Waals surface area (Å²) >= 11 is 8.78. The van der Waals surface area contributed by atoms with E-state index in [9.17, 15) is 13.6 Å². The summed E-state index contributed by atoms with van der Waals surface area (Å²) in [5, 5.41) is 0.00189. The molecular formula is C8H5Cl2NaO4S.